The molecule has 0 aliphatic carbocycles. The second kappa shape index (κ2) is 6.56. The van der Waals surface area contributed by atoms with Crippen molar-refractivity contribution in [1.82, 2.24) is 0 Å². The Labute approximate surface area is 119 Å². The van der Waals surface area contributed by atoms with Crippen LogP contribution < -0.4 is 9.47 Å². The van der Waals surface area contributed by atoms with Crippen LogP contribution in [0.5, 0.6) is 11.5 Å². The Balaban J connectivity index is 3.06. The van der Waals surface area contributed by atoms with E-state index in [1.54, 1.807) is 12.1 Å². The molecule has 0 radical (unpaired) electrons. The first kappa shape index (κ1) is 15.5. The molecule has 1 atom stereocenters. The molecule has 0 saturated carbocycles. The van der Waals surface area contributed by atoms with Crippen LogP contribution in [0.25, 0.3) is 0 Å². The van der Waals surface area contributed by atoms with Gasteiger partial charge in [-0.1, -0.05) is 6.92 Å². The zero-order valence-electron chi connectivity index (χ0n) is 10.9. The predicted octanol–water partition coefficient (Wildman–Crippen LogP) is 2.76. The van der Waals surface area contributed by atoms with Crippen molar-refractivity contribution in [1.29, 1.82) is 0 Å². The first-order valence-corrected chi connectivity index (χ1v) is 6.37. The standard InChI is InChI=1S/C13H15BrO5/c1-7(13(16)17)4-10(15)8-5-11(18-2)12(19-3)6-9(8)14/h5-7H,4H2,1-3H3,(H,16,17). The number of aliphatic carboxylic acids is 1. The summed E-state index contributed by atoms with van der Waals surface area (Å²) in [6.07, 6.45) is -0.0661. The highest BCUT2D eigenvalue weighted by atomic mass is 79.9. The average molecular weight is 331 g/mol. The Morgan fingerprint density at radius 3 is 2.26 bits per heavy atom. The minimum absolute atomic E-state index is 0.0661. The lowest BCUT2D eigenvalue weighted by atomic mass is 9.99. The predicted molar refractivity (Wildman–Crippen MR) is 73.0 cm³/mol. The van der Waals surface area contributed by atoms with Gasteiger partial charge in [0.25, 0.3) is 0 Å². The second-order valence-corrected chi connectivity index (χ2v) is 4.91. The smallest absolute Gasteiger partial charge is 0.306 e. The lowest BCUT2D eigenvalue weighted by Crippen LogP contribution is -2.15. The third-order valence-corrected chi connectivity index (χ3v) is 3.34. The van der Waals surface area contributed by atoms with E-state index in [2.05, 4.69) is 15.9 Å². The number of Topliss-reactive ketones (excluding diaryl/α,β-unsaturated/α-hetero) is 1. The van der Waals surface area contributed by atoms with Crippen molar-refractivity contribution >= 4 is 27.7 Å². The molecule has 1 aromatic rings. The summed E-state index contributed by atoms with van der Waals surface area (Å²) in [6.45, 7) is 1.49. The fourth-order valence-corrected chi connectivity index (χ4v) is 2.09. The van der Waals surface area contributed by atoms with E-state index in [1.165, 1.54) is 21.1 Å². The Morgan fingerprint density at radius 1 is 1.26 bits per heavy atom. The van der Waals surface area contributed by atoms with Crippen molar-refractivity contribution in [2.75, 3.05) is 14.2 Å². The first-order chi connectivity index (χ1) is 8.90. The van der Waals surface area contributed by atoms with Gasteiger partial charge in [-0.15, -0.1) is 0 Å². The van der Waals surface area contributed by atoms with Crippen LogP contribution in [0.15, 0.2) is 16.6 Å². The van der Waals surface area contributed by atoms with Gasteiger partial charge >= 0.3 is 5.97 Å². The zero-order chi connectivity index (χ0) is 14.6. The lowest BCUT2D eigenvalue weighted by Gasteiger charge is -2.12. The van der Waals surface area contributed by atoms with Crippen LogP contribution in [-0.2, 0) is 4.79 Å². The van der Waals surface area contributed by atoms with Gasteiger partial charge < -0.3 is 14.6 Å². The van der Waals surface area contributed by atoms with Crippen LogP contribution in [0.1, 0.15) is 23.7 Å². The number of rotatable bonds is 6. The third-order valence-electron chi connectivity index (χ3n) is 2.69. The minimum Gasteiger partial charge on any atom is -0.493 e. The van der Waals surface area contributed by atoms with Gasteiger partial charge in [0.2, 0.25) is 0 Å². The molecule has 1 rings (SSSR count). The van der Waals surface area contributed by atoms with Crippen LogP contribution in [0, 0.1) is 5.92 Å². The van der Waals surface area contributed by atoms with E-state index in [4.69, 9.17) is 14.6 Å². The molecule has 1 unspecified atom stereocenters. The Morgan fingerprint density at radius 2 is 1.79 bits per heavy atom. The number of carboxylic acid groups (broad SMARTS) is 1. The summed E-state index contributed by atoms with van der Waals surface area (Å²) in [7, 11) is 2.97. The number of hydrogen-bond acceptors (Lipinski definition) is 4. The molecule has 0 amide bonds. The van der Waals surface area contributed by atoms with Gasteiger partial charge in [-0.25, -0.2) is 0 Å². The fourth-order valence-electron chi connectivity index (χ4n) is 1.54. The van der Waals surface area contributed by atoms with Crippen LogP contribution in [-0.4, -0.2) is 31.1 Å². The number of carbonyl (C=O) groups is 2. The first-order valence-electron chi connectivity index (χ1n) is 5.58. The number of halogens is 1. The molecular formula is C13H15BrO5. The van der Waals surface area contributed by atoms with Gasteiger partial charge in [0.1, 0.15) is 0 Å². The normalized spacial score (nSPS) is 11.8. The summed E-state index contributed by atoms with van der Waals surface area (Å²) in [5.41, 5.74) is 0.380. The average Bonchev–Trinajstić information content (AvgIpc) is 2.37. The van der Waals surface area contributed by atoms with E-state index < -0.39 is 11.9 Å². The molecular weight excluding hydrogens is 316 g/mol. The number of benzene rings is 1. The van der Waals surface area contributed by atoms with Gasteiger partial charge in [-0.05, 0) is 28.1 Å². The summed E-state index contributed by atoms with van der Waals surface area (Å²) >= 11 is 3.28. The van der Waals surface area contributed by atoms with Crippen LogP contribution in [0.4, 0.5) is 0 Å². The van der Waals surface area contributed by atoms with Gasteiger partial charge in [0.15, 0.2) is 17.3 Å². The van der Waals surface area contributed by atoms with Gasteiger partial charge in [0, 0.05) is 16.5 Å². The van der Waals surface area contributed by atoms with Gasteiger partial charge in [-0.2, -0.15) is 0 Å². The highest BCUT2D eigenvalue weighted by Crippen LogP contribution is 2.34. The largest absolute Gasteiger partial charge is 0.493 e. The van der Waals surface area contributed by atoms with Crippen LogP contribution >= 0.6 is 15.9 Å². The second-order valence-electron chi connectivity index (χ2n) is 4.05. The van der Waals surface area contributed by atoms with Crippen LogP contribution in [0.2, 0.25) is 0 Å². The molecule has 5 nitrogen and oxygen atoms in total. The van der Waals surface area contributed by atoms with E-state index in [9.17, 15) is 9.59 Å². The molecule has 0 aromatic heterocycles. The number of carboxylic acids is 1. The quantitative estimate of drug-likeness (QED) is 0.812. The molecule has 0 aliphatic rings. The van der Waals surface area contributed by atoms with Gasteiger partial charge in [0.05, 0.1) is 20.1 Å². The molecule has 0 bridgehead atoms. The monoisotopic (exact) mass is 330 g/mol. The minimum atomic E-state index is -0.995. The summed E-state index contributed by atoms with van der Waals surface area (Å²) < 4.78 is 10.8. The molecule has 6 heteroatoms. The number of hydrogen-bond donors (Lipinski definition) is 1. The topological polar surface area (TPSA) is 72.8 Å². The number of methoxy groups -OCH3 is 2. The van der Waals surface area contributed by atoms with Crippen molar-refractivity contribution in [3.05, 3.63) is 22.2 Å². The van der Waals surface area contributed by atoms with Gasteiger partial charge in [-0.3, -0.25) is 9.59 Å². The van der Waals surface area contributed by atoms with Crippen molar-refractivity contribution in [2.24, 2.45) is 5.92 Å². The highest BCUT2D eigenvalue weighted by Gasteiger charge is 2.20. The van der Waals surface area contributed by atoms with E-state index in [0.717, 1.165) is 0 Å². The SMILES string of the molecule is COc1cc(Br)c(C(=O)CC(C)C(=O)O)cc1OC. The van der Waals surface area contributed by atoms with Crippen molar-refractivity contribution < 1.29 is 24.2 Å². The molecule has 1 N–H and O–H groups in total. The molecule has 0 saturated heterocycles. The molecule has 0 spiro atoms. The van der Waals surface area contributed by atoms with Crippen molar-refractivity contribution in [2.45, 2.75) is 13.3 Å². The van der Waals surface area contributed by atoms with Crippen molar-refractivity contribution in [3.63, 3.8) is 0 Å². The van der Waals surface area contributed by atoms with E-state index >= 15 is 0 Å². The Kier molecular flexibility index (Phi) is 5.35. The summed E-state index contributed by atoms with van der Waals surface area (Å²) in [6, 6.07) is 3.16. The zero-order valence-corrected chi connectivity index (χ0v) is 12.5. The van der Waals surface area contributed by atoms with Crippen LogP contribution in [0.3, 0.4) is 0 Å². The molecule has 104 valence electrons. The maximum atomic E-state index is 12.1. The maximum absolute atomic E-state index is 12.1. The van der Waals surface area contributed by atoms with E-state index in [1.807, 2.05) is 0 Å². The highest BCUT2D eigenvalue weighted by molar-refractivity contribution is 9.10. The number of ketones is 1. The maximum Gasteiger partial charge on any atom is 0.306 e. The molecule has 0 heterocycles. The molecule has 19 heavy (non-hydrogen) atoms. The lowest BCUT2D eigenvalue weighted by molar-refractivity contribution is -0.141. The number of carbonyl (C=O) groups excluding carboxylic acids is 1. The molecule has 1 aromatic carbocycles. The summed E-state index contributed by atoms with van der Waals surface area (Å²) in [5, 5.41) is 8.82. The van der Waals surface area contributed by atoms with E-state index in [-0.39, 0.29) is 12.2 Å². The number of ether oxygens (including phenoxy) is 2. The molecule has 0 aliphatic heterocycles. The summed E-state index contributed by atoms with van der Waals surface area (Å²) in [4.78, 5) is 22.8. The van der Waals surface area contributed by atoms with E-state index in [0.29, 0.717) is 21.5 Å². The third kappa shape index (κ3) is 3.70. The Bertz CT molecular complexity index is 498. The fraction of sp³-hybridized carbons (Fsp3) is 0.385. The Hall–Kier alpha value is -1.56. The van der Waals surface area contributed by atoms with Crippen molar-refractivity contribution in [3.8, 4) is 11.5 Å². The summed E-state index contributed by atoms with van der Waals surface area (Å²) in [5.74, 6) is -1.06. The molecule has 0 fully saturated rings.